The van der Waals surface area contributed by atoms with Crippen molar-refractivity contribution in [3.8, 4) is 5.75 Å². The molecule has 0 radical (unpaired) electrons. The fourth-order valence-electron chi connectivity index (χ4n) is 2.27. The summed E-state index contributed by atoms with van der Waals surface area (Å²) in [6.07, 6.45) is 3.60. The van der Waals surface area contributed by atoms with Crippen molar-refractivity contribution in [2.45, 2.75) is 32.7 Å². The number of unbranched alkanes of at least 4 members (excludes halogenated alkanes) is 1. The maximum absolute atomic E-state index is 12.2. The van der Waals surface area contributed by atoms with E-state index in [1.165, 1.54) is 6.21 Å². The molecule has 1 unspecified atom stereocenters. The fraction of sp³-hybridized carbons (Fsp3) is 0.286. The molecule has 2 aromatic rings. The van der Waals surface area contributed by atoms with Gasteiger partial charge in [-0.05, 0) is 59.1 Å². The minimum Gasteiger partial charge on any atom is -0.494 e. The van der Waals surface area contributed by atoms with E-state index in [9.17, 15) is 9.59 Å². The Morgan fingerprint density at radius 3 is 2.75 bits per heavy atom. The van der Waals surface area contributed by atoms with Crippen LogP contribution in [0.5, 0.6) is 5.75 Å². The number of halogens is 1. The molecule has 0 saturated heterocycles. The molecule has 7 heteroatoms. The van der Waals surface area contributed by atoms with E-state index in [0.29, 0.717) is 16.6 Å². The third-order valence-electron chi connectivity index (χ3n) is 3.87. The zero-order chi connectivity index (χ0) is 20.4. The van der Waals surface area contributed by atoms with E-state index in [1.807, 2.05) is 30.3 Å². The largest absolute Gasteiger partial charge is 0.494 e. The van der Waals surface area contributed by atoms with Gasteiger partial charge in [0.2, 0.25) is 0 Å². The van der Waals surface area contributed by atoms with Crippen molar-refractivity contribution >= 4 is 34.0 Å². The van der Waals surface area contributed by atoms with Gasteiger partial charge in [0.1, 0.15) is 11.8 Å². The van der Waals surface area contributed by atoms with Crippen molar-refractivity contribution in [3.05, 3.63) is 64.1 Å². The topological polar surface area (TPSA) is 79.8 Å². The molecule has 1 atom stereocenters. The van der Waals surface area contributed by atoms with E-state index in [0.717, 1.165) is 24.2 Å². The SMILES string of the molecule is CCCCOc1cccc(C=NNC(=O)C(C)NC(=O)c2ccccc2Br)c1. The summed E-state index contributed by atoms with van der Waals surface area (Å²) in [6, 6.07) is 13.7. The van der Waals surface area contributed by atoms with Crippen molar-refractivity contribution < 1.29 is 14.3 Å². The molecule has 148 valence electrons. The summed E-state index contributed by atoms with van der Waals surface area (Å²) in [5.74, 6) is 0.0147. The Morgan fingerprint density at radius 1 is 1.21 bits per heavy atom. The second kappa shape index (κ2) is 11.2. The maximum Gasteiger partial charge on any atom is 0.262 e. The highest BCUT2D eigenvalue weighted by Crippen LogP contribution is 2.15. The van der Waals surface area contributed by atoms with Crippen LogP contribution < -0.4 is 15.5 Å². The van der Waals surface area contributed by atoms with E-state index < -0.39 is 11.9 Å². The number of amides is 2. The first kappa shape index (κ1) is 21.6. The predicted octanol–water partition coefficient (Wildman–Crippen LogP) is 3.90. The van der Waals surface area contributed by atoms with Crippen LogP contribution in [0, 0.1) is 0 Å². The Labute approximate surface area is 173 Å². The van der Waals surface area contributed by atoms with Crippen LogP contribution in [0.4, 0.5) is 0 Å². The molecule has 0 aliphatic heterocycles. The van der Waals surface area contributed by atoms with Crippen molar-refractivity contribution in [2.24, 2.45) is 5.10 Å². The number of hydrogen-bond acceptors (Lipinski definition) is 4. The summed E-state index contributed by atoms with van der Waals surface area (Å²) in [6.45, 7) is 4.38. The van der Waals surface area contributed by atoms with E-state index >= 15 is 0 Å². The smallest absolute Gasteiger partial charge is 0.262 e. The van der Waals surface area contributed by atoms with Crippen molar-refractivity contribution in [2.75, 3.05) is 6.61 Å². The number of rotatable bonds is 9. The van der Waals surface area contributed by atoms with Gasteiger partial charge in [-0.25, -0.2) is 5.43 Å². The standard InChI is InChI=1S/C21H24BrN3O3/c1-3-4-12-28-17-9-7-8-16(13-17)14-23-25-20(26)15(2)24-21(27)18-10-5-6-11-19(18)22/h5-11,13-15H,3-4,12H2,1-2H3,(H,24,27)(H,25,26). The van der Waals surface area contributed by atoms with Crippen LogP contribution >= 0.6 is 15.9 Å². The molecule has 0 heterocycles. The van der Waals surface area contributed by atoms with Gasteiger partial charge < -0.3 is 10.1 Å². The summed E-state index contributed by atoms with van der Waals surface area (Å²) in [7, 11) is 0. The first-order chi connectivity index (χ1) is 13.5. The molecule has 2 N–H and O–H groups in total. The molecule has 0 bridgehead atoms. The van der Waals surface area contributed by atoms with Crippen LogP contribution in [-0.4, -0.2) is 30.7 Å². The first-order valence-electron chi connectivity index (χ1n) is 9.12. The lowest BCUT2D eigenvalue weighted by atomic mass is 10.2. The van der Waals surface area contributed by atoms with E-state index in [4.69, 9.17) is 4.74 Å². The number of hydrazone groups is 1. The third kappa shape index (κ3) is 6.81. The Balaban J connectivity index is 1.86. The molecule has 2 rings (SSSR count). The molecule has 0 aliphatic rings. The number of ether oxygens (including phenoxy) is 1. The molecule has 6 nitrogen and oxygen atoms in total. The van der Waals surface area contributed by atoms with Gasteiger partial charge >= 0.3 is 0 Å². The van der Waals surface area contributed by atoms with Gasteiger partial charge in [0.25, 0.3) is 11.8 Å². The molecule has 0 fully saturated rings. The van der Waals surface area contributed by atoms with Gasteiger partial charge in [-0.1, -0.05) is 37.6 Å². The Bertz CT molecular complexity index is 839. The third-order valence-corrected chi connectivity index (χ3v) is 4.56. The molecule has 0 saturated carbocycles. The zero-order valence-electron chi connectivity index (χ0n) is 15.9. The van der Waals surface area contributed by atoms with E-state index in [-0.39, 0.29) is 5.91 Å². The summed E-state index contributed by atoms with van der Waals surface area (Å²) in [5, 5.41) is 6.61. The molecule has 0 aliphatic carbocycles. The van der Waals surface area contributed by atoms with Crippen LogP contribution in [0.1, 0.15) is 42.6 Å². The first-order valence-corrected chi connectivity index (χ1v) is 9.91. The molecular formula is C21H24BrN3O3. The summed E-state index contributed by atoms with van der Waals surface area (Å²) in [4.78, 5) is 24.4. The Morgan fingerprint density at radius 2 is 2.00 bits per heavy atom. The molecule has 2 aromatic carbocycles. The Kier molecular flexibility index (Phi) is 8.68. The average molecular weight is 446 g/mol. The average Bonchev–Trinajstić information content (AvgIpc) is 2.68. The van der Waals surface area contributed by atoms with Gasteiger partial charge in [0.05, 0.1) is 18.4 Å². The minimum atomic E-state index is -0.736. The Hall–Kier alpha value is -2.67. The predicted molar refractivity (Wildman–Crippen MR) is 114 cm³/mol. The summed E-state index contributed by atoms with van der Waals surface area (Å²) in [5.41, 5.74) is 3.71. The van der Waals surface area contributed by atoms with Crippen LogP contribution in [0.25, 0.3) is 0 Å². The van der Waals surface area contributed by atoms with E-state index in [1.54, 1.807) is 25.1 Å². The second-order valence-electron chi connectivity index (χ2n) is 6.18. The monoisotopic (exact) mass is 445 g/mol. The fourth-order valence-corrected chi connectivity index (χ4v) is 2.74. The minimum absolute atomic E-state index is 0.337. The normalized spacial score (nSPS) is 11.8. The number of benzene rings is 2. The maximum atomic E-state index is 12.2. The highest BCUT2D eigenvalue weighted by atomic mass is 79.9. The van der Waals surface area contributed by atoms with Crippen LogP contribution in [0.15, 0.2) is 58.1 Å². The lowest BCUT2D eigenvalue weighted by Crippen LogP contribution is -2.43. The van der Waals surface area contributed by atoms with Gasteiger partial charge in [0, 0.05) is 4.47 Å². The van der Waals surface area contributed by atoms with E-state index in [2.05, 4.69) is 38.7 Å². The highest BCUT2D eigenvalue weighted by Gasteiger charge is 2.17. The summed E-state index contributed by atoms with van der Waals surface area (Å²) >= 11 is 3.32. The number of carbonyl (C=O) groups excluding carboxylic acids is 2. The lowest BCUT2D eigenvalue weighted by molar-refractivity contribution is -0.122. The number of carbonyl (C=O) groups is 2. The van der Waals surface area contributed by atoms with Crippen LogP contribution in [-0.2, 0) is 4.79 Å². The van der Waals surface area contributed by atoms with Crippen molar-refractivity contribution in [1.29, 1.82) is 0 Å². The van der Waals surface area contributed by atoms with Gasteiger partial charge in [-0.15, -0.1) is 0 Å². The van der Waals surface area contributed by atoms with Crippen LogP contribution in [0.2, 0.25) is 0 Å². The molecule has 0 aromatic heterocycles. The van der Waals surface area contributed by atoms with Crippen LogP contribution in [0.3, 0.4) is 0 Å². The number of nitrogens with one attached hydrogen (secondary N) is 2. The molecule has 2 amide bonds. The zero-order valence-corrected chi connectivity index (χ0v) is 17.5. The molecule has 28 heavy (non-hydrogen) atoms. The highest BCUT2D eigenvalue weighted by molar-refractivity contribution is 9.10. The lowest BCUT2D eigenvalue weighted by Gasteiger charge is -2.12. The summed E-state index contributed by atoms with van der Waals surface area (Å²) < 4.78 is 6.31. The molecule has 0 spiro atoms. The second-order valence-corrected chi connectivity index (χ2v) is 7.04. The van der Waals surface area contributed by atoms with Gasteiger partial charge in [-0.2, -0.15) is 5.10 Å². The molecular weight excluding hydrogens is 422 g/mol. The quantitative estimate of drug-likeness (QED) is 0.349. The number of nitrogens with zero attached hydrogens (tertiary/aromatic N) is 1. The number of hydrogen-bond donors (Lipinski definition) is 2. The van der Waals surface area contributed by atoms with Gasteiger partial charge in [0.15, 0.2) is 0 Å². The van der Waals surface area contributed by atoms with Crippen molar-refractivity contribution in [3.63, 3.8) is 0 Å². The van der Waals surface area contributed by atoms with Gasteiger partial charge in [-0.3, -0.25) is 9.59 Å². The van der Waals surface area contributed by atoms with Crippen molar-refractivity contribution in [1.82, 2.24) is 10.7 Å².